The van der Waals surface area contributed by atoms with Gasteiger partial charge in [-0.05, 0) is 53.0 Å². The quantitative estimate of drug-likeness (QED) is 0.720. The largest absolute Gasteiger partial charge is 0.337 e. The van der Waals surface area contributed by atoms with E-state index in [0.717, 1.165) is 12.8 Å². The lowest BCUT2D eigenvalue weighted by atomic mass is 10.2. The molecule has 0 atom stereocenters. The third-order valence-corrected chi connectivity index (χ3v) is 6.99. The number of piperazine rings is 1. The van der Waals surface area contributed by atoms with Gasteiger partial charge in [-0.3, -0.25) is 4.79 Å². The molecule has 0 radical (unpaired) electrons. The Balaban J connectivity index is 1.48. The van der Waals surface area contributed by atoms with E-state index in [2.05, 4.69) is 30.6 Å². The Morgan fingerprint density at radius 3 is 2.43 bits per heavy atom. The number of hydrogen-bond acceptors (Lipinski definition) is 6. The molecule has 2 heterocycles. The molecule has 1 aliphatic heterocycles. The third kappa shape index (κ3) is 4.18. The van der Waals surface area contributed by atoms with Gasteiger partial charge >= 0.3 is 0 Å². The van der Waals surface area contributed by atoms with E-state index < -0.39 is 10.0 Å². The molecule has 10 heteroatoms. The minimum atomic E-state index is -3.61. The fraction of sp³-hybridized carbons (Fsp3) is 0.389. The summed E-state index contributed by atoms with van der Waals surface area (Å²) in [5.74, 6) is 0.457. The van der Waals surface area contributed by atoms with Crippen molar-refractivity contribution in [3.05, 3.63) is 46.7 Å². The minimum Gasteiger partial charge on any atom is -0.337 e. The van der Waals surface area contributed by atoms with Crippen molar-refractivity contribution in [1.82, 2.24) is 19.6 Å². The molecule has 1 saturated carbocycles. The van der Waals surface area contributed by atoms with Gasteiger partial charge in [-0.1, -0.05) is 0 Å². The number of halogens is 1. The highest BCUT2D eigenvalue weighted by molar-refractivity contribution is 9.10. The highest BCUT2D eigenvalue weighted by atomic mass is 79.9. The molecule has 1 aliphatic carbocycles. The first-order chi connectivity index (χ1) is 13.4. The first-order valence-corrected chi connectivity index (χ1v) is 11.3. The van der Waals surface area contributed by atoms with Crippen molar-refractivity contribution in [1.29, 1.82) is 0 Å². The van der Waals surface area contributed by atoms with Gasteiger partial charge in [0.05, 0.1) is 10.5 Å². The zero-order chi connectivity index (χ0) is 19.7. The second-order valence-corrected chi connectivity index (χ2v) is 9.43. The van der Waals surface area contributed by atoms with E-state index in [4.69, 9.17) is 0 Å². The Morgan fingerprint density at radius 2 is 1.79 bits per heavy atom. The molecule has 4 rings (SSSR count). The van der Waals surface area contributed by atoms with Crippen molar-refractivity contribution in [2.75, 3.05) is 31.1 Å². The molecule has 2 aromatic rings. The number of nitrogens with zero attached hydrogens (tertiary/aromatic N) is 4. The van der Waals surface area contributed by atoms with Gasteiger partial charge in [-0.2, -0.15) is 0 Å². The SMILES string of the molecule is O=C(c1cc(S(=O)(=O)NC2CC2)ccc1Br)N1CCN(c2ncccn2)CC1. The summed E-state index contributed by atoms with van der Waals surface area (Å²) in [5.41, 5.74) is 0.350. The Morgan fingerprint density at radius 1 is 1.11 bits per heavy atom. The van der Waals surface area contributed by atoms with E-state index in [9.17, 15) is 13.2 Å². The van der Waals surface area contributed by atoms with Crippen LogP contribution in [-0.4, -0.2) is 61.4 Å². The van der Waals surface area contributed by atoms with Gasteiger partial charge in [0.1, 0.15) is 0 Å². The van der Waals surface area contributed by atoms with E-state index in [0.29, 0.717) is 42.2 Å². The second kappa shape index (κ2) is 7.76. The van der Waals surface area contributed by atoms with Crippen LogP contribution in [0, 0.1) is 0 Å². The van der Waals surface area contributed by atoms with Crippen molar-refractivity contribution < 1.29 is 13.2 Å². The van der Waals surface area contributed by atoms with Crippen LogP contribution in [0.4, 0.5) is 5.95 Å². The molecule has 1 amide bonds. The van der Waals surface area contributed by atoms with E-state index in [1.165, 1.54) is 12.1 Å². The predicted molar refractivity (Wildman–Crippen MR) is 108 cm³/mol. The number of anilines is 1. The van der Waals surface area contributed by atoms with Gasteiger partial charge in [-0.15, -0.1) is 0 Å². The molecule has 1 saturated heterocycles. The number of nitrogens with one attached hydrogen (secondary N) is 1. The summed E-state index contributed by atoms with van der Waals surface area (Å²) in [6.07, 6.45) is 5.10. The standard InChI is InChI=1S/C18H20BrN5O3S/c19-16-5-4-14(28(26,27)22-13-2-3-13)12-15(16)17(25)23-8-10-24(11-9-23)18-20-6-1-7-21-18/h1,4-7,12-13,22H,2-3,8-11H2. The van der Waals surface area contributed by atoms with Gasteiger partial charge in [-0.25, -0.2) is 23.1 Å². The van der Waals surface area contributed by atoms with Gasteiger partial charge in [0.2, 0.25) is 16.0 Å². The van der Waals surface area contributed by atoms with Gasteiger partial charge < -0.3 is 9.80 Å². The van der Waals surface area contributed by atoms with Crippen LogP contribution < -0.4 is 9.62 Å². The number of rotatable bonds is 5. The Labute approximate surface area is 172 Å². The number of hydrogen-bond donors (Lipinski definition) is 1. The summed E-state index contributed by atoms with van der Waals surface area (Å²) in [7, 11) is -3.61. The van der Waals surface area contributed by atoms with Gasteiger partial charge in [0.15, 0.2) is 0 Å². The topological polar surface area (TPSA) is 95.5 Å². The maximum absolute atomic E-state index is 13.0. The van der Waals surface area contributed by atoms with Gasteiger partial charge in [0, 0.05) is 49.1 Å². The van der Waals surface area contributed by atoms with Crippen LogP contribution in [0.3, 0.4) is 0 Å². The first kappa shape index (κ1) is 19.3. The van der Waals surface area contributed by atoms with E-state index >= 15 is 0 Å². The van der Waals surface area contributed by atoms with Crippen LogP contribution in [0.1, 0.15) is 23.2 Å². The number of sulfonamides is 1. The number of amides is 1. The fourth-order valence-electron chi connectivity index (χ4n) is 3.06. The number of benzene rings is 1. The monoisotopic (exact) mass is 465 g/mol. The number of carbonyl (C=O) groups is 1. The molecule has 1 N–H and O–H groups in total. The van der Waals surface area contributed by atoms with Crippen LogP contribution in [0.15, 0.2) is 46.0 Å². The minimum absolute atomic E-state index is 0.0149. The van der Waals surface area contributed by atoms with Crippen molar-refractivity contribution in [2.24, 2.45) is 0 Å². The average molecular weight is 466 g/mol. The molecule has 0 bridgehead atoms. The molecule has 2 fully saturated rings. The lowest BCUT2D eigenvalue weighted by molar-refractivity contribution is 0.0745. The molecule has 2 aliphatic rings. The van der Waals surface area contributed by atoms with Crippen molar-refractivity contribution in [3.8, 4) is 0 Å². The zero-order valence-corrected chi connectivity index (χ0v) is 17.5. The Hall–Kier alpha value is -2.04. The lowest BCUT2D eigenvalue weighted by Crippen LogP contribution is -2.49. The van der Waals surface area contributed by atoms with Crippen molar-refractivity contribution in [3.63, 3.8) is 0 Å². The fourth-order valence-corrected chi connectivity index (χ4v) is 4.81. The zero-order valence-electron chi connectivity index (χ0n) is 15.1. The second-order valence-electron chi connectivity index (χ2n) is 6.87. The van der Waals surface area contributed by atoms with E-state index in [-0.39, 0.29) is 16.8 Å². The maximum atomic E-state index is 13.0. The van der Waals surface area contributed by atoms with E-state index in [1.54, 1.807) is 29.4 Å². The molecule has 0 spiro atoms. The summed E-state index contributed by atoms with van der Waals surface area (Å²) in [6, 6.07) is 6.35. The highest BCUT2D eigenvalue weighted by Gasteiger charge is 2.30. The predicted octanol–water partition coefficient (Wildman–Crippen LogP) is 1.64. The van der Waals surface area contributed by atoms with Crippen LogP contribution in [-0.2, 0) is 10.0 Å². The molecule has 28 heavy (non-hydrogen) atoms. The van der Waals surface area contributed by atoms with Crippen LogP contribution >= 0.6 is 15.9 Å². The summed E-state index contributed by atoms with van der Waals surface area (Å²) in [4.78, 5) is 25.4. The average Bonchev–Trinajstić information content (AvgIpc) is 3.52. The molecule has 1 aromatic heterocycles. The molecular weight excluding hydrogens is 446 g/mol. The molecule has 1 aromatic carbocycles. The number of carbonyl (C=O) groups excluding carboxylic acids is 1. The van der Waals surface area contributed by atoms with Crippen LogP contribution in [0.2, 0.25) is 0 Å². The summed E-state index contributed by atoms with van der Waals surface area (Å²) >= 11 is 3.38. The summed E-state index contributed by atoms with van der Waals surface area (Å²) in [6.45, 7) is 2.27. The van der Waals surface area contributed by atoms with Crippen LogP contribution in [0.25, 0.3) is 0 Å². The number of aromatic nitrogens is 2. The lowest BCUT2D eigenvalue weighted by Gasteiger charge is -2.34. The van der Waals surface area contributed by atoms with Gasteiger partial charge in [0.25, 0.3) is 5.91 Å². The third-order valence-electron chi connectivity index (χ3n) is 4.78. The van der Waals surface area contributed by atoms with Crippen molar-refractivity contribution in [2.45, 2.75) is 23.8 Å². The Kier molecular flexibility index (Phi) is 5.35. The first-order valence-electron chi connectivity index (χ1n) is 9.07. The van der Waals surface area contributed by atoms with Crippen molar-refractivity contribution >= 4 is 37.8 Å². The summed E-state index contributed by atoms with van der Waals surface area (Å²) < 4.78 is 28.2. The van der Waals surface area contributed by atoms with E-state index in [1.807, 2.05) is 4.90 Å². The highest BCUT2D eigenvalue weighted by Crippen LogP contribution is 2.26. The Bertz CT molecular complexity index is 974. The molecular formula is C18H20BrN5O3S. The molecule has 8 nitrogen and oxygen atoms in total. The van der Waals surface area contributed by atoms with Crippen LogP contribution in [0.5, 0.6) is 0 Å². The normalized spacial score (nSPS) is 17.6. The molecule has 148 valence electrons. The maximum Gasteiger partial charge on any atom is 0.255 e. The molecule has 0 unspecified atom stereocenters. The smallest absolute Gasteiger partial charge is 0.255 e. The summed E-state index contributed by atoms with van der Waals surface area (Å²) in [5, 5.41) is 0.